The molecule has 6 heteroatoms. The van der Waals surface area contributed by atoms with Crippen LogP contribution in [0.5, 0.6) is 0 Å². The van der Waals surface area contributed by atoms with Crippen molar-refractivity contribution in [3.8, 4) is 0 Å². The minimum Gasteiger partial charge on any atom is -0.465 e. The molecule has 0 aliphatic carbocycles. The number of rotatable bonds is 8. The lowest BCUT2D eigenvalue weighted by Gasteiger charge is -2.26. The van der Waals surface area contributed by atoms with E-state index in [1.54, 1.807) is 33.9 Å². The molecular weight excluding hydrogens is 332 g/mol. The van der Waals surface area contributed by atoms with E-state index >= 15 is 0 Å². The van der Waals surface area contributed by atoms with Crippen LogP contribution in [0.25, 0.3) is 0 Å². The fourth-order valence-corrected chi connectivity index (χ4v) is 2.19. The summed E-state index contributed by atoms with van der Waals surface area (Å²) >= 11 is 0. The van der Waals surface area contributed by atoms with E-state index in [4.69, 9.17) is 9.47 Å². The van der Waals surface area contributed by atoms with Crippen LogP contribution in [0.2, 0.25) is 0 Å². The average molecular weight is 362 g/mol. The zero-order valence-electron chi connectivity index (χ0n) is 16.4. The Kier molecular flexibility index (Phi) is 8.82. The molecule has 0 aromatic heterocycles. The van der Waals surface area contributed by atoms with Gasteiger partial charge >= 0.3 is 12.1 Å². The summed E-state index contributed by atoms with van der Waals surface area (Å²) in [6, 6.07) is 10.0. The Bertz CT molecular complexity index is 594. The SMILES string of the molecule is CCOC(=O)CN(CCC=NC(C)c1ccccc1)C(=O)OC(C)(C)C. The molecule has 0 saturated heterocycles. The maximum Gasteiger partial charge on any atom is 0.410 e. The molecule has 1 aromatic rings. The van der Waals surface area contributed by atoms with Crippen LogP contribution in [0.15, 0.2) is 35.3 Å². The number of hydrogen-bond donors (Lipinski definition) is 0. The highest BCUT2D eigenvalue weighted by atomic mass is 16.6. The number of carbonyl (C=O) groups is 2. The molecule has 6 nitrogen and oxygen atoms in total. The molecule has 0 fully saturated rings. The van der Waals surface area contributed by atoms with E-state index in [2.05, 4.69) is 4.99 Å². The van der Waals surface area contributed by atoms with Crippen LogP contribution in [-0.2, 0) is 14.3 Å². The number of amides is 1. The van der Waals surface area contributed by atoms with E-state index in [0.717, 1.165) is 5.56 Å². The molecule has 0 radical (unpaired) electrons. The van der Waals surface area contributed by atoms with Crippen molar-refractivity contribution in [1.29, 1.82) is 0 Å². The van der Waals surface area contributed by atoms with Gasteiger partial charge < -0.3 is 9.47 Å². The van der Waals surface area contributed by atoms with E-state index in [9.17, 15) is 9.59 Å². The Balaban J connectivity index is 2.62. The third kappa shape index (κ3) is 8.65. The second kappa shape index (κ2) is 10.6. The number of benzene rings is 1. The van der Waals surface area contributed by atoms with Gasteiger partial charge in [-0.25, -0.2) is 4.79 Å². The molecule has 0 spiro atoms. The molecule has 0 aliphatic heterocycles. The third-order valence-corrected chi connectivity index (χ3v) is 3.42. The first-order valence-corrected chi connectivity index (χ1v) is 8.93. The second-order valence-electron chi connectivity index (χ2n) is 6.91. The topological polar surface area (TPSA) is 68.2 Å². The third-order valence-electron chi connectivity index (χ3n) is 3.42. The van der Waals surface area contributed by atoms with Gasteiger partial charge in [-0.1, -0.05) is 30.3 Å². The van der Waals surface area contributed by atoms with Gasteiger partial charge in [-0.05, 0) is 40.2 Å². The van der Waals surface area contributed by atoms with Gasteiger partial charge in [-0.2, -0.15) is 0 Å². The smallest absolute Gasteiger partial charge is 0.410 e. The van der Waals surface area contributed by atoms with Crippen LogP contribution in [0.1, 0.15) is 52.6 Å². The van der Waals surface area contributed by atoms with Crippen molar-refractivity contribution in [2.75, 3.05) is 19.7 Å². The summed E-state index contributed by atoms with van der Waals surface area (Å²) in [6.45, 7) is 9.58. The summed E-state index contributed by atoms with van der Waals surface area (Å²) in [5, 5.41) is 0. The fourth-order valence-electron chi connectivity index (χ4n) is 2.19. The Morgan fingerprint density at radius 3 is 2.46 bits per heavy atom. The Labute approximate surface area is 156 Å². The molecule has 0 heterocycles. The van der Waals surface area contributed by atoms with E-state index < -0.39 is 17.7 Å². The first-order valence-electron chi connectivity index (χ1n) is 8.93. The van der Waals surface area contributed by atoms with Crippen LogP contribution >= 0.6 is 0 Å². The maximum absolute atomic E-state index is 12.3. The van der Waals surface area contributed by atoms with Crippen molar-refractivity contribution in [2.45, 2.75) is 52.7 Å². The van der Waals surface area contributed by atoms with E-state index in [-0.39, 0.29) is 19.2 Å². The van der Waals surface area contributed by atoms with Crippen LogP contribution in [0.4, 0.5) is 4.79 Å². The highest BCUT2D eigenvalue weighted by Crippen LogP contribution is 2.15. The van der Waals surface area contributed by atoms with Crippen molar-refractivity contribution in [1.82, 2.24) is 4.90 Å². The highest BCUT2D eigenvalue weighted by molar-refractivity contribution is 5.78. The Morgan fingerprint density at radius 2 is 1.88 bits per heavy atom. The molecule has 1 aromatic carbocycles. The Morgan fingerprint density at radius 1 is 1.23 bits per heavy atom. The van der Waals surface area contributed by atoms with Gasteiger partial charge in [0.25, 0.3) is 0 Å². The summed E-state index contributed by atoms with van der Waals surface area (Å²) in [5.41, 5.74) is 0.499. The fraction of sp³-hybridized carbons (Fsp3) is 0.550. The van der Waals surface area contributed by atoms with Crippen molar-refractivity contribution in [3.05, 3.63) is 35.9 Å². The molecule has 0 bridgehead atoms. The number of nitrogens with zero attached hydrogens (tertiary/aromatic N) is 2. The molecule has 1 amide bonds. The zero-order valence-corrected chi connectivity index (χ0v) is 16.4. The van der Waals surface area contributed by atoms with Crippen LogP contribution in [0.3, 0.4) is 0 Å². The molecular formula is C20H30N2O4. The summed E-state index contributed by atoms with van der Waals surface area (Å²) in [6.07, 6.45) is 1.77. The maximum atomic E-state index is 12.3. The molecule has 1 unspecified atom stereocenters. The van der Waals surface area contributed by atoms with Gasteiger partial charge in [0.1, 0.15) is 12.1 Å². The average Bonchev–Trinajstić information content (AvgIpc) is 2.56. The van der Waals surface area contributed by atoms with Crippen molar-refractivity contribution < 1.29 is 19.1 Å². The predicted octanol–water partition coefficient (Wildman–Crippen LogP) is 4.01. The highest BCUT2D eigenvalue weighted by Gasteiger charge is 2.24. The molecule has 0 saturated carbocycles. The van der Waals surface area contributed by atoms with Crippen LogP contribution in [0, 0.1) is 0 Å². The lowest BCUT2D eigenvalue weighted by Crippen LogP contribution is -2.41. The predicted molar refractivity (Wildman–Crippen MR) is 102 cm³/mol. The summed E-state index contributed by atoms with van der Waals surface area (Å²) in [5.74, 6) is -0.451. The van der Waals surface area contributed by atoms with Crippen molar-refractivity contribution in [3.63, 3.8) is 0 Å². The molecule has 0 aliphatic rings. The minimum absolute atomic E-state index is 0.0382. The van der Waals surface area contributed by atoms with Gasteiger partial charge in [-0.3, -0.25) is 14.7 Å². The summed E-state index contributed by atoms with van der Waals surface area (Å²) < 4.78 is 10.3. The van der Waals surface area contributed by atoms with E-state index in [1.807, 2.05) is 37.3 Å². The standard InChI is InChI=1S/C20H30N2O4/c1-6-25-18(23)15-22(19(24)26-20(3,4)5)14-10-13-21-16(2)17-11-8-7-9-12-17/h7-9,11-13,16H,6,10,14-15H2,1-5H3. The summed E-state index contributed by atoms with van der Waals surface area (Å²) in [7, 11) is 0. The quantitative estimate of drug-likeness (QED) is 0.518. The molecule has 1 rings (SSSR count). The number of hydrogen-bond acceptors (Lipinski definition) is 5. The number of aliphatic imine (C=N–C) groups is 1. The lowest BCUT2D eigenvalue weighted by atomic mass is 10.1. The van der Waals surface area contributed by atoms with Gasteiger partial charge in [0.2, 0.25) is 0 Å². The monoisotopic (exact) mass is 362 g/mol. The van der Waals surface area contributed by atoms with Crippen LogP contribution in [-0.4, -0.2) is 48.5 Å². The van der Waals surface area contributed by atoms with E-state index in [0.29, 0.717) is 13.0 Å². The summed E-state index contributed by atoms with van der Waals surface area (Å²) in [4.78, 5) is 29.9. The number of esters is 1. The van der Waals surface area contributed by atoms with E-state index in [1.165, 1.54) is 4.90 Å². The Hall–Kier alpha value is -2.37. The lowest BCUT2D eigenvalue weighted by molar-refractivity contribution is -0.144. The zero-order chi connectivity index (χ0) is 19.6. The largest absolute Gasteiger partial charge is 0.465 e. The number of ether oxygens (including phenoxy) is 2. The van der Waals surface area contributed by atoms with Crippen molar-refractivity contribution >= 4 is 18.3 Å². The normalized spacial score (nSPS) is 12.7. The van der Waals surface area contributed by atoms with Gasteiger partial charge in [-0.15, -0.1) is 0 Å². The molecule has 144 valence electrons. The van der Waals surface area contributed by atoms with Gasteiger partial charge in [0.05, 0.1) is 12.6 Å². The minimum atomic E-state index is -0.625. The molecule has 26 heavy (non-hydrogen) atoms. The molecule has 0 N–H and O–H groups in total. The van der Waals surface area contributed by atoms with Gasteiger partial charge in [0.15, 0.2) is 0 Å². The number of carbonyl (C=O) groups excluding carboxylic acids is 2. The molecule has 1 atom stereocenters. The second-order valence-corrected chi connectivity index (χ2v) is 6.91. The van der Waals surface area contributed by atoms with Crippen LogP contribution < -0.4 is 0 Å². The first kappa shape index (κ1) is 21.7. The van der Waals surface area contributed by atoms with Gasteiger partial charge in [0, 0.05) is 19.2 Å². The first-order chi connectivity index (χ1) is 12.2. The van der Waals surface area contributed by atoms with Crippen molar-refractivity contribution in [2.24, 2.45) is 4.99 Å².